The number of aromatic nitrogens is 2. The highest BCUT2D eigenvalue weighted by Crippen LogP contribution is 2.21. The summed E-state index contributed by atoms with van der Waals surface area (Å²) in [6.45, 7) is 5.97. The molecule has 1 unspecified atom stereocenters. The van der Waals surface area contributed by atoms with Crippen LogP contribution in [0.5, 0.6) is 0 Å². The van der Waals surface area contributed by atoms with E-state index in [0.717, 1.165) is 12.8 Å². The van der Waals surface area contributed by atoms with Gasteiger partial charge in [0.25, 0.3) is 0 Å². The average Bonchev–Trinajstić information content (AvgIpc) is 2.84. The summed E-state index contributed by atoms with van der Waals surface area (Å²) in [5, 5.41) is 14.0. The molecule has 108 valence electrons. The van der Waals surface area contributed by atoms with E-state index in [-0.39, 0.29) is 5.41 Å². The van der Waals surface area contributed by atoms with Gasteiger partial charge in [-0.05, 0) is 17.4 Å². The Bertz CT molecular complexity index is 529. The normalized spacial score (nSPS) is 13.4. The largest absolute Gasteiger partial charge is 0.392 e. The first-order valence-corrected chi connectivity index (χ1v) is 6.98. The smallest absolute Gasteiger partial charge is 0.229 e. The minimum Gasteiger partial charge on any atom is -0.392 e. The number of rotatable bonds is 5. The van der Waals surface area contributed by atoms with Gasteiger partial charge < -0.3 is 9.63 Å². The molecule has 4 nitrogen and oxygen atoms in total. The van der Waals surface area contributed by atoms with E-state index in [9.17, 15) is 5.11 Å². The molecule has 1 atom stereocenters. The van der Waals surface area contributed by atoms with Crippen LogP contribution in [-0.4, -0.2) is 21.4 Å². The van der Waals surface area contributed by atoms with E-state index < -0.39 is 6.10 Å². The fourth-order valence-electron chi connectivity index (χ4n) is 1.85. The number of aliphatic hydroxyl groups is 1. The highest BCUT2D eigenvalue weighted by Gasteiger charge is 2.24. The molecule has 1 heterocycles. The van der Waals surface area contributed by atoms with Crippen LogP contribution in [0.4, 0.5) is 0 Å². The third kappa shape index (κ3) is 4.17. The fraction of sp³-hybridized carbons (Fsp3) is 0.500. The first kappa shape index (κ1) is 14.7. The first-order valence-electron chi connectivity index (χ1n) is 6.98. The van der Waals surface area contributed by atoms with Crippen LogP contribution in [0.2, 0.25) is 0 Å². The molecule has 1 N–H and O–H groups in total. The Morgan fingerprint density at radius 1 is 1.15 bits per heavy atom. The van der Waals surface area contributed by atoms with E-state index in [2.05, 4.69) is 22.3 Å². The number of hydrogen-bond acceptors (Lipinski definition) is 4. The third-order valence-corrected chi connectivity index (χ3v) is 3.36. The van der Waals surface area contributed by atoms with Gasteiger partial charge in [-0.25, -0.2) is 0 Å². The molecule has 2 aromatic rings. The van der Waals surface area contributed by atoms with Gasteiger partial charge in [0.05, 0.1) is 12.5 Å². The Morgan fingerprint density at radius 3 is 2.50 bits per heavy atom. The van der Waals surface area contributed by atoms with E-state index in [0.29, 0.717) is 18.1 Å². The van der Waals surface area contributed by atoms with Crippen molar-refractivity contribution in [3.8, 4) is 0 Å². The lowest BCUT2D eigenvalue weighted by Crippen LogP contribution is -2.28. The lowest BCUT2D eigenvalue weighted by molar-refractivity contribution is 0.0565. The second-order valence-electron chi connectivity index (χ2n) is 6.18. The summed E-state index contributed by atoms with van der Waals surface area (Å²) in [5.41, 5.74) is 1.08. The predicted octanol–water partition coefficient (Wildman–Crippen LogP) is 2.80. The van der Waals surface area contributed by atoms with Crippen LogP contribution in [0.15, 0.2) is 34.9 Å². The zero-order valence-electron chi connectivity index (χ0n) is 12.3. The predicted molar refractivity (Wildman–Crippen MR) is 77.3 cm³/mol. The molecular weight excluding hydrogens is 252 g/mol. The second kappa shape index (κ2) is 6.18. The van der Waals surface area contributed by atoms with Crippen LogP contribution in [0.25, 0.3) is 0 Å². The molecule has 0 aliphatic carbocycles. The molecule has 0 bridgehead atoms. The maximum Gasteiger partial charge on any atom is 0.229 e. The van der Waals surface area contributed by atoms with Gasteiger partial charge >= 0.3 is 0 Å². The summed E-state index contributed by atoms with van der Waals surface area (Å²) >= 11 is 0. The maximum atomic E-state index is 10.0. The molecule has 2 rings (SSSR count). The van der Waals surface area contributed by atoms with Crippen molar-refractivity contribution in [2.75, 3.05) is 0 Å². The van der Waals surface area contributed by atoms with Crippen molar-refractivity contribution < 1.29 is 9.63 Å². The Labute approximate surface area is 119 Å². The molecule has 1 aromatic heterocycles. The van der Waals surface area contributed by atoms with Gasteiger partial charge in [0.15, 0.2) is 5.82 Å². The number of benzene rings is 1. The van der Waals surface area contributed by atoms with Gasteiger partial charge in [-0.2, -0.15) is 4.98 Å². The van der Waals surface area contributed by atoms with Crippen molar-refractivity contribution in [1.29, 1.82) is 0 Å². The Morgan fingerprint density at radius 2 is 1.85 bits per heavy atom. The van der Waals surface area contributed by atoms with Crippen molar-refractivity contribution in [3.63, 3.8) is 0 Å². The summed E-state index contributed by atoms with van der Waals surface area (Å²) in [5.74, 6) is 1.21. The standard InChI is InChI=1S/C16H22N2O2/c1-16(2,3)13(19)11-15-17-14(18-20-15)10-9-12-7-5-4-6-8-12/h4-8,13,19H,9-11H2,1-3H3. The molecule has 0 aliphatic heterocycles. The van der Waals surface area contributed by atoms with Gasteiger partial charge in [0.1, 0.15) is 0 Å². The lowest BCUT2D eigenvalue weighted by Gasteiger charge is -2.24. The molecule has 4 heteroatoms. The first-order chi connectivity index (χ1) is 9.45. The molecule has 0 fully saturated rings. The highest BCUT2D eigenvalue weighted by atomic mass is 16.5. The molecule has 0 aliphatic rings. The quantitative estimate of drug-likeness (QED) is 0.910. The van der Waals surface area contributed by atoms with E-state index in [1.54, 1.807) is 0 Å². The minimum atomic E-state index is -0.482. The SMILES string of the molecule is CC(C)(C)C(O)Cc1nc(CCc2ccccc2)no1. The van der Waals surface area contributed by atoms with Crippen molar-refractivity contribution in [3.05, 3.63) is 47.6 Å². The summed E-state index contributed by atoms with van der Waals surface area (Å²) in [6, 6.07) is 10.2. The molecule has 0 saturated heterocycles. The summed E-state index contributed by atoms with van der Waals surface area (Å²) < 4.78 is 5.20. The molecular formula is C16H22N2O2. The maximum absolute atomic E-state index is 10.0. The second-order valence-corrected chi connectivity index (χ2v) is 6.18. The number of hydrogen-bond donors (Lipinski definition) is 1. The van der Waals surface area contributed by atoms with E-state index in [1.807, 2.05) is 39.0 Å². The number of aryl methyl sites for hydroxylation is 2. The van der Waals surface area contributed by atoms with Crippen LogP contribution in [0.3, 0.4) is 0 Å². The van der Waals surface area contributed by atoms with Crippen LogP contribution < -0.4 is 0 Å². The molecule has 20 heavy (non-hydrogen) atoms. The summed E-state index contributed by atoms with van der Waals surface area (Å²) in [4.78, 5) is 4.34. The zero-order valence-corrected chi connectivity index (χ0v) is 12.3. The molecule has 0 amide bonds. The van der Waals surface area contributed by atoms with Crippen molar-refractivity contribution >= 4 is 0 Å². The summed E-state index contributed by atoms with van der Waals surface area (Å²) in [6.07, 6.45) is 1.56. The average molecular weight is 274 g/mol. The van der Waals surface area contributed by atoms with Gasteiger partial charge in [-0.1, -0.05) is 56.3 Å². The highest BCUT2D eigenvalue weighted by molar-refractivity contribution is 5.15. The Hall–Kier alpha value is -1.68. The van der Waals surface area contributed by atoms with Crippen molar-refractivity contribution in [1.82, 2.24) is 10.1 Å². The van der Waals surface area contributed by atoms with Crippen LogP contribution in [-0.2, 0) is 19.3 Å². The Kier molecular flexibility index (Phi) is 4.55. The third-order valence-electron chi connectivity index (χ3n) is 3.36. The molecule has 0 spiro atoms. The number of nitrogens with zero attached hydrogens (tertiary/aromatic N) is 2. The van der Waals surface area contributed by atoms with Gasteiger partial charge in [0, 0.05) is 6.42 Å². The molecule has 0 saturated carbocycles. The Balaban J connectivity index is 1.89. The minimum absolute atomic E-state index is 0.182. The zero-order chi connectivity index (χ0) is 14.6. The lowest BCUT2D eigenvalue weighted by atomic mass is 9.87. The summed E-state index contributed by atoms with van der Waals surface area (Å²) in [7, 11) is 0. The van der Waals surface area contributed by atoms with Crippen LogP contribution in [0, 0.1) is 5.41 Å². The van der Waals surface area contributed by atoms with Crippen molar-refractivity contribution in [2.24, 2.45) is 5.41 Å². The van der Waals surface area contributed by atoms with E-state index >= 15 is 0 Å². The van der Waals surface area contributed by atoms with E-state index in [4.69, 9.17) is 4.52 Å². The van der Waals surface area contributed by atoms with Gasteiger partial charge in [0.2, 0.25) is 5.89 Å². The topological polar surface area (TPSA) is 59.2 Å². The molecule has 0 radical (unpaired) electrons. The number of aliphatic hydroxyl groups excluding tert-OH is 1. The van der Waals surface area contributed by atoms with E-state index in [1.165, 1.54) is 5.56 Å². The monoisotopic (exact) mass is 274 g/mol. The van der Waals surface area contributed by atoms with Gasteiger partial charge in [-0.15, -0.1) is 0 Å². The molecule has 1 aromatic carbocycles. The fourth-order valence-corrected chi connectivity index (χ4v) is 1.85. The van der Waals surface area contributed by atoms with Gasteiger partial charge in [-0.3, -0.25) is 0 Å². The van der Waals surface area contributed by atoms with Crippen molar-refractivity contribution in [2.45, 2.75) is 46.1 Å². The van der Waals surface area contributed by atoms with Crippen LogP contribution in [0.1, 0.15) is 38.0 Å². The van der Waals surface area contributed by atoms with Crippen LogP contribution >= 0.6 is 0 Å².